The predicted molar refractivity (Wildman–Crippen MR) is 60.6 cm³/mol. The van der Waals surface area contributed by atoms with E-state index in [0.29, 0.717) is 6.10 Å². The predicted octanol–water partition coefficient (Wildman–Crippen LogP) is 3.80. The molecule has 0 unspecified atom stereocenters. The van der Waals surface area contributed by atoms with E-state index in [1.54, 1.807) is 0 Å². The van der Waals surface area contributed by atoms with Gasteiger partial charge in [-0.2, -0.15) is 0 Å². The molecule has 0 atom stereocenters. The Morgan fingerprint density at radius 1 is 1.08 bits per heavy atom. The van der Waals surface area contributed by atoms with E-state index >= 15 is 0 Å². The molecule has 0 saturated carbocycles. The molecule has 0 fully saturated rings. The van der Waals surface area contributed by atoms with Gasteiger partial charge in [-0.1, -0.05) is 35.4 Å². The molecule has 12 heavy (non-hydrogen) atoms. The molecule has 0 rings (SSSR count). The minimum Gasteiger partial charge on any atom is -0.367 e. The van der Waals surface area contributed by atoms with Crippen molar-refractivity contribution in [1.29, 1.82) is 0 Å². The van der Waals surface area contributed by atoms with Gasteiger partial charge in [-0.15, -0.1) is 0 Å². The van der Waals surface area contributed by atoms with Gasteiger partial charge in [0.25, 0.3) is 0 Å². The van der Waals surface area contributed by atoms with Crippen molar-refractivity contribution in [2.45, 2.75) is 40.2 Å². The van der Waals surface area contributed by atoms with Gasteiger partial charge in [0.2, 0.25) is 0 Å². The fourth-order valence-electron chi connectivity index (χ4n) is 0.541. The number of hydrogen-bond donors (Lipinski definition) is 0. The molecular formula is C9H20OS2. The molecule has 0 aromatic carbocycles. The molecule has 74 valence electrons. The Morgan fingerprint density at radius 3 is 2.25 bits per heavy atom. The van der Waals surface area contributed by atoms with Gasteiger partial charge in [0.15, 0.2) is 0 Å². The average Bonchev–Trinajstić information content (AvgIpc) is 1.95. The lowest BCUT2D eigenvalue weighted by atomic mass is 10.2. The van der Waals surface area contributed by atoms with Gasteiger partial charge in [-0.25, -0.2) is 0 Å². The third-order valence-corrected chi connectivity index (χ3v) is 3.40. The standard InChI is InChI=1S/C9H20OS2/c1-8(2)5-6-11-12-7-10-9(3)4/h8-9H,5-7H2,1-4H3. The first-order valence-electron chi connectivity index (χ1n) is 4.49. The molecule has 0 aromatic rings. The second-order valence-corrected chi connectivity index (χ2v) is 5.99. The second kappa shape index (κ2) is 8.27. The zero-order valence-electron chi connectivity index (χ0n) is 8.50. The van der Waals surface area contributed by atoms with Crippen LogP contribution < -0.4 is 0 Å². The van der Waals surface area contributed by atoms with Crippen LogP contribution in [0, 0.1) is 5.92 Å². The van der Waals surface area contributed by atoms with E-state index in [-0.39, 0.29) is 0 Å². The van der Waals surface area contributed by atoms with Crippen LogP contribution in [0.5, 0.6) is 0 Å². The highest BCUT2D eigenvalue weighted by Crippen LogP contribution is 2.23. The second-order valence-electron chi connectivity index (χ2n) is 3.46. The molecule has 0 heterocycles. The largest absolute Gasteiger partial charge is 0.367 e. The smallest absolute Gasteiger partial charge is 0.102 e. The van der Waals surface area contributed by atoms with E-state index in [0.717, 1.165) is 11.9 Å². The Bertz CT molecular complexity index is 82.5. The van der Waals surface area contributed by atoms with Gasteiger partial charge in [0.05, 0.1) is 6.10 Å². The maximum atomic E-state index is 5.39. The Balaban J connectivity index is 2.91. The normalized spacial score (nSPS) is 11.5. The summed E-state index contributed by atoms with van der Waals surface area (Å²) in [5.74, 6) is 2.88. The molecule has 0 amide bonds. The lowest BCUT2D eigenvalue weighted by Crippen LogP contribution is -2.00. The van der Waals surface area contributed by atoms with E-state index < -0.39 is 0 Å². The molecular weight excluding hydrogens is 188 g/mol. The molecule has 0 N–H and O–H groups in total. The lowest BCUT2D eigenvalue weighted by molar-refractivity contribution is 0.121. The van der Waals surface area contributed by atoms with Gasteiger partial charge in [-0.3, -0.25) is 0 Å². The summed E-state index contributed by atoms with van der Waals surface area (Å²) in [5.41, 5.74) is 0. The van der Waals surface area contributed by atoms with Crippen molar-refractivity contribution in [3.63, 3.8) is 0 Å². The van der Waals surface area contributed by atoms with Crippen molar-refractivity contribution in [1.82, 2.24) is 0 Å². The Kier molecular flexibility index (Phi) is 8.72. The van der Waals surface area contributed by atoms with E-state index in [4.69, 9.17) is 4.74 Å². The third kappa shape index (κ3) is 10.7. The topological polar surface area (TPSA) is 9.23 Å². The lowest BCUT2D eigenvalue weighted by Gasteiger charge is -2.06. The summed E-state index contributed by atoms with van der Waals surface area (Å²) in [6.45, 7) is 8.66. The maximum absolute atomic E-state index is 5.39. The van der Waals surface area contributed by atoms with Crippen LogP contribution in [-0.4, -0.2) is 17.8 Å². The summed E-state index contributed by atoms with van der Waals surface area (Å²) in [4.78, 5) is 0. The highest BCUT2D eigenvalue weighted by molar-refractivity contribution is 8.76. The van der Waals surface area contributed by atoms with E-state index in [2.05, 4.69) is 27.7 Å². The number of ether oxygens (including phenoxy) is 1. The van der Waals surface area contributed by atoms with Crippen LogP contribution in [0.15, 0.2) is 0 Å². The Hall–Kier alpha value is 0.660. The van der Waals surface area contributed by atoms with E-state index in [9.17, 15) is 0 Å². The summed E-state index contributed by atoms with van der Waals surface area (Å²) in [7, 11) is 3.73. The monoisotopic (exact) mass is 208 g/mol. The molecule has 0 aliphatic heterocycles. The highest BCUT2D eigenvalue weighted by Gasteiger charge is 1.96. The molecule has 0 aliphatic carbocycles. The van der Waals surface area contributed by atoms with Crippen molar-refractivity contribution in [3.05, 3.63) is 0 Å². The van der Waals surface area contributed by atoms with Crippen LogP contribution in [0.25, 0.3) is 0 Å². The van der Waals surface area contributed by atoms with Crippen LogP contribution in [0.2, 0.25) is 0 Å². The zero-order chi connectivity index (χ0) is 9.40. The first-order chi connectivity index (χ1) is 5.63. The number of hydrogen-bond acceptors (Lipinski definition) is 3. The summed E-state index contributed by atoms with van der Waals surface area (Å²) in [6, 6.07) is 0. The quantitative estimate of drug-likeness (QED) is 0.358. The van der Waals surface area contributed by atoms with Crippen molar-refractivity contribution in [2.75, 3.05) is 11.7 Å². The highest BCUT2D eigenvalue weighted by atomic mass is 33.1. The summed E-state index contributed by atoms with van der Waals surface area (Å²) >= 11 is 0. The van der Waals surface area contributed by atoms with Gasteiger partial charge in [-0.05, 0) is 26.2 Å². The van der Waals surface area contributed by atoms with Gasteiger partial charge in [0.1, 0.15) is 5.94 Å². The molecule has 3 heteroatoms. The van der Waals surface area contributed by atoms with Crippen molar-refractivity contribution >= 4 is 21.6 Å². The first kappa shape index (κ1) is 12.7. The Morgan fingerprint density at radius 2 is 1.75 bits per heavy atom. The first-order valence-corrected chi connectivity index (χ1v) is 6.97. The third-order valence-electron chi connectivity index (χ3n) is 1.31. The van der Waals surface area contributed by atoms with E-state index in [1.807, 2.05) is 21.6 Å². The molecule has 0 radical (unpaired) electrons. The van der Waals surface area contributed by atoms with Crippen LogP contribution in [0.1, 0.15) is 34.1 Å². The summed E-state index contributed by atoms with van der Waals surface area (Å²) < 4.78 is 5.39. The molecule has 0 spiro atoms. The molecule has 0 bridgehead atoms. The van der Waals surface area contributed by atoms with Gasteiger partial charge < -0.3 is 4.74 Å². The van der Waals surface area contributed by atoms with Crippen LogP contribution >= 0.6 is 21.6 Å². The summed E-state index contributed by atoms with van der Waals surface area (Å²) in [5, 5.41) is 0. The average molecular weight is 208 g/mol. The molecule has 1 nitrogen and oxygen atoms in total. The van der Waals surface area contributed by atoms with Crippen LogP contribution in [0.4, 0.5) is 0 Å². The van der Waals surface area contributed by atoms with Gasteiger partial charge >= 0.3 is 0 Å². The van der Waals surface area contributed by atoms with Gasteiger partial charge in [0, 0.05) is 5.75 Å². The SMILES string of the molecule is CC(C)CCSSCOC(C)C. The Labute approximate surface area is 84.4 Å². The van der Waals surface area contributed by atoms with E-state index in [1.165, 1.54) is 12.2 Å². The van der Waals surface area contributed by atoms with Crippen molar-refractivity contribution in [2.24, 2.45) is 5.92 Å². The minimum atomic E-state index is 0.364. The fourth-order valence-corrected chi connectivity index (χ4v) is 2.63. The van der Waals surface area contributed by atoms with Crippen LogP contribution in [-0.2, 0) is 4.74 Å². The summed E-state index contributed by atoms with van der Waals surface area (Å²) in [6.07, 6.45) is 1.67. The molecule has 0 aliphatic rings. The fraction of sp³-hybridized carbons (Fsp3) is 1.00. The van der Waals surface area contributed by atoms with Crippen molar-refractivity contribution < 1.29 is 4.74 Å². The maximum Gasteiger partial charge on any atom is 0.102 e. The molecule has 0 saturated heterocycles. The molecule has 0 aromatic heterocycles. The minimum absolute atomic E-state index is 0.364. The zero-order valence-corrected chi connectivity index (χ0v) is 10.1. The number of rotatable bonds is 7. The van der Waals surface area contributed by atoms with Crippen LogP contribution in [0.3, 0.4) is 0 Å². The van der Waals surface area contributed by atoms with Crippen molar-refractivity contribution in [3.8, 4) is 0 Å².